The Morgan fingerprint density at radius 1 is 0.933 bits per heavy atom. The summed E-state index contributed by atoms with van der Waals surface area (Å²) in [5, 5.41) is 14.6. The highest BCUT2D eigenvalue weighted by Crippen LogP contribution is 2.47. The van der Waals surface area contributed by atoms with Gasteiger partial charge in [0.15, 0.2) is 0 Å². The second kappa shape index (κ2) is 11.9. The predicted octanol–water partition coefficient (Wildman–Crippen LogP) is 6.40. The van der Waals surface area contributed by atoms with Crippen LogP contribution in [0.2, 0.25) is 0 Å². The number of nitrogens with zero attached hydrogens (tertiary/aromatic N) is 4. The van der Waals surface area contributed by atoms with E-state index in [9.17, 15) is 14.3 Å². The standard InChI is InChI=1S/C37H42FN5O2/c38-29-12-6-5-11-26(29)36-39-30-16-15-28-34-32(24-9-3-1-4-10-24)27-14-13-25(37(44)45)23-31(27)43(34)22-21-42(35(28)33(30)40-36)20-19-41-17-7-2-8-18-41/h5-6,11-16,23-24,33,35H,1-4,7-10,17-22H2,(H,39,40)(H,44,45). The van der Waals surface area contributed by atoms with Gasteiger partial charge in [-0.2, -0.15) is 0 Å². The summed E-state index contributed by atoms with van der Waals surface area (Å²) in [6.07, 6.45) is 14.3. The Morgan fingerprint density at radius 2 is 1.73 bits per heavy atom. The summed E-state index contributed by atoms with van der Waals surface area (Å²) in [6.45, 7) is 5.87. The molecule has 4 heterocycles. The zero-order chi connectivity index (χ0) is 30.5. The Morgan fingerprint density at radius 3 is 2.53 bits per heavy atom. The zero-order valence-corrected chi connectivity index (χ0v) is 25.8. The number of amidine groups is 1. The van der Waals surface area contributed by atoms with E-state index in [0.29, 0.717) is 22.9 Å². The third kappa shape index (κ3) is 5.12. The van der Waals surface area contributed by atoms with Crippen molar-refractivity contribution < 1.29 is 14.3 Å². The number of nitrogens with one attached hydrogen (secondary N) is 1. The van der Waals surface area contributed by atoms with E-state index in [1.54, 1.807) is 18.2 Å². The molecule has 7 nitrogen and oxygen atoms in total. The van der Waals surface area contributed by atoms with Gasteiger partial charge < -0.3 is 19.9 Å². The van der Waals surface area contributed by atoms with Crippen molar-refractivity contribution in [3.63, 3.8) is 0 Å². The highest BCUT2D eigenvalue weighted by molar-refractivity contribution is 6.03. The fraction of sp³-hybridized carbons (Fsp3) is 0.459. The summed E-state index contributed by atoms with van der Waals surface area (Å²) in [7, 11) is 0. The average molecular weight is 608 g/mol. The van der Waals surface area contributed by atoms with E-state index in [1.807, 2.05) is 12.1 Å². The molecule has 1 saturated heterocycles. The van der Waals surface area contributed by atoms with Gasteiger partial charge in [-0.1, -0.05) is 50.0 Å². The molecule has 234 valence electrons. The molecule has 3 aromatic rings. The second-order valence-electron chi connectivity index (χ2n) is 13.4. The van der Waals surface area contributed by atoms with E-state index in [0.717, 1.165) is 63.3 Å². The van der Waals surface area contributed by atoms with Crippen molar-refractivity contribution in [2.75, 3.05) is 32.7 Å². The number of carbonyl (C=O) groups is 1. The number of halogens is 1. The number of piperidine rings is 1. The lowest BCUT2D eigenvalue weighted by Gasteiger charge is -2.38. The number of carboxylic acid groups (broad SMARTS) is 1. The maximum atomic E-state index is 15.0. The zero-order valence-electron chi connectivity index (χ0n) is 25.8. The number of allylic oxidation sites excluding steroid dienone is 2. The number of rotatable bonds is 6. The van der Waals surface area contributed by atoms with Gasteiger partial charge >= 0.3 is 5.97 Å². The van der Waals surface area contributed by atoms with Gasteiger partial charge in [0.2, 0.25) is 0 Å². The predicted molar refractivity (Wildman–Crippen MR) is 176 cm³/mol. The number of hydrogen-bond donors (Lipinski definition) is 2. The van der Waals surface area contributed by atoms with Crippen molar-refractivity contribution in [1.29, 1.82) is 0 Å². The van der Waals surface area contributed by atoms with Gasteiger partial charge in [0.05, 0.1) is 22.9 Å². The Labute approximate surface area is 264 Å². The van der Waals surface area contributed by atoms with Crippen LogP contribution < -0.4 is 5.32 Å². The Balaban J connectivity index is 1.27. The number of benzene rings is 2. The molecule has 0 radical (unpaired) electrons. The number of likely N-dealkylation sites (tertiary alicyclic amines) is 1. The minimum absolute atomic E-state index is 0.00147. The van der Waals surface area contributed by atoms with Crippen molar-refractivity contribution in [1.82, 2.24) is 19.7 Å². The molecule has 5 aliphatic rings. The highest BCUT2D eigenvalue weighted by Gasteiger charge is 2.43. The van der Waals surface area contributed by atoms with Gasteiger partial charge in [0.25, 0.3) is 0 Å². The first-order valence-corrected chi connectivity index (χ1v) is 16.9. The van der Waals surface area contributed by atoms with E-state index in [1.165, 1.54) is 66.8 Å². The first kappa shape index (κ1) is 28.7. The van der Waals surface area contributed by atoms with E-state index in [2.05, 4.69) is 37.9 Å². The lowest BCUT2D eigenvalue weighted by atomic mass is 9.79. The van der Waals surface area contributed by atoms with Gasteiger partial charge in [-0.3, -0.25) is 9.89 Å². The first-order chi connectivity index (χ1) is 22.1. The number of aromatic carboxylic acids is 1. The molecule has 2 atom stereocenters. The number of fused-ring (bicyclic) bond motifs is 7. The molecule has 8 rings (SSSR count). The normalized spacial score (nSPS) is 24.2. The van der Waals surface area contributed by atoms with E-state index >= 15 is 0 Å². The minimum atomic E-state index is -0.891. The second-order valence-corrected chi connectivity index (χ2v) is 13.4. The summed E-state index contributed by atoms with van der Waals surface area (Å²) in [5.74, 6) is -0.122. The van der Waals surface area contributed by atoms with Crippen LogP contribution in [0.3, 0.4) is 0 Å². The third-order valence-corrected chi connectivity index (χ3v) is 10.8. The first-order valence-electron chi connectivity index (χ1n) is 16.9. The highest BCUT2D eigenvalue weighted by atomic mass is 19.1. The van der Waals surface area contributed by atoms with Gasteiger partial charge in [-0.05, 0) is 86.2 Å². The van der Waals surface area contributed by atoms with Crippen molar-refractivity contribution >= 4 is 28.3 Å². The van der Waals surface area contributed by atoms with Gasteiger partial charge in [-0.25, -0.2) is 9.18 Å². The average Bonchev–Trinajstić information content (AvgIpc) is 3.60. The molecule has 2 unspecified atom stereocenters. The summed E-state index contributed by atoms with van der Waals surface area (Å²) in [4.78, 5) is 22.6. The summed E-state index contributed by atoms with van der Waals surface area (Å²) in [5.41, 5.74) is 6.78. The number of carboxylic acids is 1. The van der Waals surface area contributed by atoms with Crippen LogP contribution in [0.4, 0.5) is 4.39 Å². The van der Waals surface area contributed by atoms with Crippen molar-refractivity contribution in [3.8, 4) is 0 Å². The van der Waals surface area contributed by atoms with Crippen LogP contribution in [0.1, 0.15) is 84.5 Å². The molecule has 0 bridgehead atoms. The Hall–Kier alpha value is -3.75. The summed E-state index contributed by atoms with van der Waals surface area (Å²) < 4.78 is 17.4. The van der Waals surface area contributed by atoms with Crippen molar-refractivity contribution in [3.05, 3.63) is 88.5 Å². The van der Waals surface area contributed by atoms with Crippen LogP contribution in [0.5, 0.6) is 0 Å². The lowest BCUT2D eigenvalue weighted by Crippen LogP contribution is -2.48. The number of aliphatic imine (C=N–C) groups is 1. The van der Waals surface area contributed by atoms with Gasteiger partial charge in [0, 0.05) is 42.8 Å². The molecule has 1 saturated carbocycles. The molecule has 0 spiro atoms. The van der Waals surface area contributed by atoms with Crippen LogP contribution in [0.25, 0.3) is 16.5 Å². The van der Waals surface area contributed by atoms with E-state index in [-0.39, 0.29) is 17.9 Å². The number of hydrogen-bond acceptors (Lipinski definition) is 5. The van der Waals surface area contributed by atoms with Crippen LogP contribution in [0, 0.1) is 5.82 Å². The van der Waals surface area contributed by atoms with Crippen molar-refractivity contribution in [2.45, 2.75) is 75.9 Å². The SMILES string of the molecule is O=C(O)c1ccc2c(C3CCCCC3)c3n(c2c1)CCN(CCN1CCCCC1)C1C3=CC=C2NC(c3ccccc3F)=NC21. The Kier molecular flexibility index (Phi) is 7.58. The van der Waals surface area contributed by atoms with Gasteiger partial charge in [0.1, 0.15) is 17.7 Å². The van der Waals surface area contributed by atoms with Gasteiger partial charge in [-0.15, -0.1) is 0 Å². The molecule has 0 amide bonds. The molecule has 2 N–H and O–H groups in total. The van der Waals surface area contributed by atoms with Crippen molar-refractivity contribution in [2.24, 2.45) is 4.99 Å². The molecule has 45 heavy (non-hydrogen) atoms. The smallest absolute Gasteiger partial charge is 0.335 e. The molecule has 3 aliphatic heterocycles. The number of aromatic nitrogens is 1. The maximum Gasteiger partial charge on any atom is 0.335 e. The summed E-state index contributed by atoms with van der Waals surface area (Å²) in [6, 6.07) is 12.4. The quantitative estimate of drug-likeness (QED) is 0.340. The van der Waals surface area contributed by atoms with E-state index in [4.69, 9.17) is 4.99 Å². The van der Waals surface area contributed by atoms with Crippen LogP contribution in [-0.2, 0) is 6.54 Å². The fourth-order valence-corrected chi connectivity index (χ4v) is 8.61. The topological polar surface area (TPSA) is 73.1 Å². The maximum absolute atomic E-state index is 15.0. The monoisotopic (exact) mass is 607 g/mol. The molecule has 2 aromatic carbocycles. The largest absolute Gasteiger partial charge is 0.478 e. The molecule has 2 aliphatic carbocycles. The fourth-order valence-electron chi connectivity index (χ4n) is 8.61. The summed E-state index contributed by atoms with van der Waals surface area (Å²) >= 11 is 0. The molecule has 1 aromatic heterocycles. The van der Waals surface area contributed by atoms with Crippen LogP contribution in [0.15, 0.2) is 65.3 Å². The lowest BCUT2D eigenvalue weighted by molar-refractivity contribution is 0.0697. The Bertz CT molecular complexity index is 1730. The van der Waals surface area contributed by atoms with Crippen LogP contribution >= 0.6 is 0 Å². The van der Waals surface area contributed by atoms with E-state index < -0.39 is 5.97 Å². The molecule has 2 fully saturated rings. The molecular formula is C37H42FN5O2. The molecule has 8 heteroatoms. The minimum Gasteiger partial charge on any atom is -0.478 e. The third-order valence-electron chi connectivity index (χ3n) is 10.8. The molecular weight excluding hydrogens is 565 g/mol. The van der Waals surface area contributed by atoms with Crippen LogP contribution in [-0.4, -0.2) is 76.1 Å².